The van der Waals surface area contributed by atoms with E-state index in [-0.39, 0.29) is 12.5 Å². The second-order valence-electron chi connectivity index (χ2n) is 6.22. The molecule has 0 radical (unpaired) electrons. The smallest absolute Gasteiger partial charge is 0.328 e. The molecule has 5 nitrogen and oxygen atoms in total. The highest BCUT2D eigenvalue weighted by Crippen LogP contribution is 2.33. The van der Waals surface area contributed by atoms with Crippen LogP contribution in [0, 0.1) is 0 Å². The van der Waals surface area contributed by atoms with E-state index >= 15 is 0 Å². The normalized spacial score (nSPS) is 16.8. The summed E-state index contributed by atoms with van der Waals surface area (Å²) in [7, 11) is 0. The average molecular weight is 265 g/mol. The fourth-order valence-electron chi connectivity index (χ4n) is 2.50. The molecule has 0 saturated heterocycles. The number of anilines is 1. The lowest BCUT2D eigenvalue weighted by atomic mass is 10.1. The van der Waals surface area contributed by atoms with Gasteiger partial charge in [-0.25, -0.2) is 4.68 Å². The van der Waals surface area contributed by atoms with Gasteiger partial charge in [-0.2, -0.15) is 5.10 Å². The summed E-state index contributed by atoms with van der Waals surface area (Å²) in [5.74, 6) is 0.732. The number of hydrogen-bond donors (Lipinski definition) is 1. The Morgan fingerprint density at radius 3 is 2.68 bits per heavy atom. The Kier molecular flexibility index (Phi) is 3.83. The number of nitrogen functional groups attached to an aromatic ring is 1. The van der Waals surface area contributed by atoms with Crippen LogP contribution in [0.15, 0.2) is 6.07 Å². The number of carbonyl (C=O) groups excluding carboxylic acids is 1. The Balaban J connectivity index is 2.02. The number of carbonyl (C=O) groups is 1. The molecule has 0 amide bonds. The van der Waals surface area contributed by atoms with Crippen molar-refractivity contribution in [3.05, 3.63) is 11.8 Å². The van der Waals surface area contributed by atoms with Gasteiger partial charge in [-0.1, -0.05) is 12.8 Å². The second-order valence-corrected chi connectivity index (χ2v) is 6.22. The zero-order valence-corrected chi connectivity index (χ0v) is 12.0. The monoisotopic (exact) mass is 265 g/mol. The third-order valence-corrected chi connectivity index (χ3v) is 3.30. The summed E-state index contributed by atoms with van der Waals surface area (Å²) < 4.78 is 6.82. The SMILES string of the molecule is CC(C)(C)OC(=O)Cn1nc(C2CCCC2)cc1N. The molecule has 0 aliphatic heterocycles. The van der Waals surface area contributed by atoms with Crippen LogP contribution in [-0.4, -0.2) is 21.4 Å². The topological polar surface area (TPSA) is 70.1 Å². The fraction of sp³-hybridized carbons (Fsp3) is 0.714. The molecular weight excluding hydrogens is 242 g/mol. The number of esters is 1. The highest BCUT2D eigenvalue weighted by molar-refractivity contribution is 5.70. The Labute approximate surface area is 114 Å². The van der Waals surface area contributed by atoms with E-state index in [1.165, 1.54) is 25.7 Å². The van der Waals surface area contributed by atoms with Crippen molar-refractivity contribution in [2.24, 2.45) is 0 Å². The predicted molar refractivity (Wildman–Crippen MR) is 73.7 cm³/mol. The molecule has 1 aromatic rings. The molecule has 106 valence electrons. The first-order chi connectivity index (χ1) is 8.85. The quantitative estimate of drug-likeness (QED) is 0.852. The largest absolute Gasteiger partial charge is 0.459 e. The lowest BCUT2D eigenvalue weighted by Gasteiger charge is -2.19. The van der Waals surface area contributed by atoms with Crippen molar-refractivity contribution >= 4 is 11.8 Å². The van der Waals surface area contributed by atoms with Crippen LogP contribution < -0.4 is 5.73 Å². The van der Waals surface area contributed by atoms with Gasteiger partial charge in [-0.15, -0.1) is 0 Å². The number of ether oxygens (including phenoxy) is 1. The Hall–Kier alpha value is -1.52. The summed E-state index contributed by atoms with van der Waals surface area (Å²) >= 11 is 0. The van der Waals surface area contributed by atoms with Gasteiger partial charge in [0.2, 0.25) is 0 Å². The van der Waals surface area contributed by atoms with E-state index in [0.717, 1.165) is 5.69 Å². The van der Waals surface area contributed by atoms with Gasteiger partial charge < -0.3 is 10.5 Å². The molecule has 19 heavy (non-hydrogen) atoms. The molecule has 2 N–H and O–H groups in total. The Morgan fingerprint density at radius 2 is 2.11 bits per heavy atom. The number of nitrogens with zero attached hydrogens (tertiary/aromatic N) is 2. The maximum absolute atomic E-state index is 11.8. The van der Waals surface area contributed by atoms with E-state index in [2.05, 4.69) is 5.10 Å². The molecule has 5 heteroatoms. The second kappa shape index (κ2) is 5.23. The van der Waals surface area contributed by atoms with Crippen LogP contribution in [-0.2, 0) is 16.1 Å². The standard InChI is InChI=1S/C14H23N3O2/c1-14(2,3)19-13(18)9-17-12(15)8-11(16-17)10-6-4-5-7-10/h8,10H,4-7,9,15H2,1-3H3. The summed E-state index contributed by atoms with van der Waals surface area (Å²) in [5, 5.41) is 4.45. The number of hydrogen-bond acceptors (Lipinski definition) is 4. The van der Waals surface area contributed by atoms with Gasteiger partial charge in [0.05, 0.1) is 5.69 Å². The third-order valence-electron chi connectivity index (χ3n) is 3.30. The van der Waals surface area contributed by atoms with Crippen LogP contribution in [0.5, 0.6) is 0 Å². The van der Waals surface area contributed by atoms with Crippen molar-refractivity contribution in [2.75, 3.05) is 5.73 Å². The number of rotatable bonds is 3. The minimum Gasteiger partial charge on any atom is -0.459 e. The van der Waals surface area contributed by atoms with Gasteiger partial charge in [0.25, 0.3) is 0 Å². The van der Waals surface area contributed by atoms with Crippen molar-refractivity contribution in [2.45, 2.75) is 64.5 Å². The van der Waals surface area contributed by atoms with Crippen molar-refractivity contribution < 1.29 is 9.53 Å². The van der Waals surface area contributed by atoms with Crippen LogP contribution >= 0.6 is 0 Å². The Morgan fingerprint density at radius 1 is 1.47 bits per heavy atom. The molecule has 1 fully saturated rings. The molecule has 0 atom stereocenters. The summed E-state index contributed by atoms with van der Waals surface area (Å²) in [6.07, 6.45) is 4.85. The zero-order valence-electron chi connectivity index (χ0n) is 12.0. The van der Waals surface area contributed by atoms with Crippen LogP contribution in [0.3, 0.4) is 0 Å². The minimum atomic E-state index is -0.479. The highest BCUT2D eigenvalue weighted by atomic mass is 16.6. The summed E-state index contributed by atoms with van der Waals surface area (Å²) in [6, 6.07) is 1.89. The summed E-state index contributed by atoms with van der Waals surface area (Å²) in [6.45, 7) is 5.62. The van der Waals surface area contributed by atoms with Gasteiger partial charge in [-0.05, 0) is 33.6 Å². The molecular formula is C14H23N3O2. The van der Waals surface area contributed by atoms with Crippen molar-refractivity contribution in [1.82, 2.24) is 9.78 Å². The average Bonchev–Trinajstić information content (AvgIpc) is 2.85. The maximum atomic E-state index is 11.8. The van der Waals surface area contributed by atoms with E-state index in [0.29, 0.717) is 11.7 Å². The van der Waals surface area contributed by atoms with Crippen molar-refractivity contribution in [1.29, 1.82) is 0 Å². The van der Waals surface area contributed by atoms with Crippen molar-refractivity contribution in [3.8, 4) is 0 Å². The van der Waals surface area contributed by atoms with E-state index in [4.69, 9.17) is 10.5 Å². The molecule has 0 aromatic carbocycles. The summed E-state index contributed by atoms with van der Waals surface area (Å²) in [4.78, 5) is 11.8. The third kappa shape index (κ3) is 3.72. The van der Waals surface area contributed by atoms with Gasteiger partial charge in [0.15, 0.2) is 0 Å². The molecule has 0 bridgehead atoms. The molecule has 2 rings (SSSR count). The van der Waals surface area contributed by atoms with E-state index < -0.39 is 5.60 Å². The number of nitrogens with two attached hydrogens (primary N) is 1. The van der Waals surface area contributed by atoms with Crippen LogP contribution in [0.2, 0.25) is 0 Å². The molecule has 1 saturated carbocycles. The lowest BCUT2D eigenvalue weighted by Crippen LogP contribution is -2.27. The van der Waals surface area contributed by atoms with E-state index in [1.54, 1.807) is 4.68 Å². The fourth-order valence-corrected chi connectivity index (χ4v) is 2.50. The zero-order chi connectivity index (χ0) is 14.0. The Bertz CT molecular complexity index is 454. The van der Waals surface area contributed by atoms with E-state index in [1.807, 2.05) is 26.8 Å². The maximum Gasteiger partial charge on any atom is 0.328 e. The first-order valence-corrected chi connectivity index (χ1v) is 6.90. The molecule has 1 aliphatic carbocycles. The lowest BCUT2D eigenvalue weighted by molar-refractivity contribution is -0.155. The van der Waals surface area contributed by atoms with Gasteiger partial charge >= 0.3 is 5.97 Å². The minimum absolute atomic E-state index is 0.0792. The molecule has 0 spiro atoms. The molecule has 1 heterocycles. The van der Waals surface area contributed by atoms with Crippen LogP contribution in [0.4, 0.5) is 5.82 Å². The predicted octanol–water partition coefficient (Wildman–Crippen LogP) is 2.46. The summed E-state index contributed by atoms with van der Waals surface area (Å²) in [5.41, 5.74) is 6.45. The highest BCUT2D eigenvalue weighted by Gasteiger charge is 2.22. The van der Waals surface area contributed by atoms with Gasteiger partial charge in [0, 0.05) is 12.0 Å². The first-order valence-electron chi connectivity index (χ1n) is 6.90. The number of aromatic nitrogens is 2. The molecule has 1 aliphatic rings. The molecule has 1 aromatic heterocycles. The molecule has 0 unspecified atom stereocenters. The van der Waals surface area contributed by atoms with Crippen LogP contribution in [0.1, 0.15) is 58.1 Å². The first kappa shape index (κ1) is 13.9. The van der Waals surface area contributed by atoms with Gasteiger partial charge in [0.1, 0.15) is 18.0 Å². The van der Waals surface area contributed by atoms with E-state index in [9.17, 15) is 4.79 Å². The van der Waals surface area contributed by atoms with Crippen LogP contribution in [0.25, 0.3) is 0 Å². The van der Waals surface area contributed by atoms with Crippen molar-refractivity contribution in [3.63, 3.8) is 0 Å². The van der Waals surface area contributed by atoms with Gasteiger partial charge in [-0.3, -0.25) is 4.79 Å².